The Kier molecular flexibility index (Phi) is 5.16. The monoisotopic (exact) mass is 416 g/mol. The summed E-state index contributed by atoms with van der Waals surface area (Å²) in [5.74, 6) is -1.65. The van der Waals surface area contributed by atoms with Gasteiger partial charge in [0.15, 0.2) is 0 Å². The van der Waals surface area contributed by atoms with Crippen LogP contribution in [-0.2, 0) is 11.0 Å². The second-order valence-electron chi connectivity index (χ2n) is 8.39. The number of aliphatic hydroxyl groups excluding tert-OH is 1. The van der Waals surface area contributed by atoms with Crippen LogP contribution in [0.2, 0.25) is 0 Å². The number of halogens is 4. The fraction of sp³-hybridized carbons (Fsp3) is 0.737. The summed E-state index contributed by atoms with van der Waals surface area (Å²) < 4.78 is 52.2. The zero-order valence-corrected chi connectivity index (χ0v) is 16.0. The van der Waals surface area contributed by atoms with Gasteiger partial charge in [-0.3, -0.25) is 4.79 Å². The number of hydrogen-bond donors (Lipinski definition) is 1. The van der Waals surface area contributed by atoms with Crippen molar-refractivity contribution in [3.05, 3.63) is 17.7 Å². The number of rotatable bonds is 2. The molecule has 0 bridgehead atoms. The number of alkyl halides is 3. The third kappa shape index (κ3) is 3.78. The van der Waals surface area contributed by atoms with E-state index in [-0.39, 0.29) is 30.5 Å². The minimum absolute atomic E-state index is 0.0518. The molecule has 10 heteroatoms. The van der Waals surface area contributed by atoms with Gasteiger partial charge in [0.2, 0.25) is 17.8 Å². The van der Waals surface area contributed by atoms with Crippen LogP contribution in [-0.4, -0.2) is 57.7 Å². The Bertz CT molecular complexity index is 782. The fourth-order valence-corrected chi connectivity index (χ4v) is 4.94. The van der Waals surface area contributed by atoms with Crippen molar-refractivity contribution in [3.8, 4) is 0 Å². The molecule has 3 fully saturated rings. The zero-order chi connectivity index (χ0) is 20.8. The molecule has 0 unspecified atom stereocenters. The summed E-state index contributed by atoms with van der Waals surface area (Å²) in [4.78, 5) is 24.0. The van der Waals surface area contributed by atoms with Crippen molar-refractivity contribution in [2.45, 2.75) is 63.3 Å². The third-order valence-corrected chi connectivity index (χ3v) is 6.55. The molecule has 1 aromatic heterocycles. The largest absolute Gasteiger partial charge is 0.422 e. The highest BCUT2D eigenvalue weighted by molar-refractivity contribution is 5.86. The summed E-state index contributed by atoms with van der Waals surface area (Å²) >= 11 is 0. The molecule has 1 saturated carbocycles. The van der Waals surface area contributed by atoms with E-state index < -0.39 is 23.1 Å². The first-order chi connectivity index (χ1) is 13.7. The van der Waals surface area contributed by atoms with Gasteiger partial charge in [-0.1, -0.05) is 0 Å². The fourth-order valence-electron chi connectivity index (χ4n) is 4.94. The smallest absolute Gasteiger partial charge is 0.393 e. The molecule has 1 spiro atoms. The van der Waals surface area contributed by atoms with Gasteiger partial charge in [0.1, 0.15) is 5.56 Å². The Labute approximate surface area is 165 Å². The predicted molar refractivity (Wildman–Crippen MR) is 95.5 cm³/mol. The maximum atomic E-state index is 13.9. The Morgan fingerprint density at radius 3 is 2.52 bits per heavy atom. The molecule has 3 aliphatic rings. The quantitative estimate of drug-likeness (QED) is 0.593. The van der Waals surface area contributed by atoms with Crippen LogP contribution in [0.5, 0.6) is 0 Å². The second-order valence-corrected chi connectivity index (χ2v) is 8.39. The number of hydrogen-bond acceptors (Lipinski definition) is 5. The van der Waals surface area contributed by atoms with Crippen LogP contribution in [0.4, 0.5) is 23.5 Å². The number of aliphatic hydroxyl groups is 1. The number of amides is 1. The maximum Gasteiger partial charge on any atom is 0.422 e. The molecular weight excluding hydrogens is 392 g/mol. The van der Waals surface area contributed by atoms with Crippen LogP contribution in [0.25, 0.3) is 0 Å². The lowest BCUT2D eigenvalue weighted by Gasteiger charge is -2.40. The molecule has 0 aromatic carbocycles. The van der Waals surface area contributed by atoms with E-state index in [2.05, 4.69) is 9.97 Å². The molecule has 160 valence electrons. The maximum absolute atomic E-state index is 13.9. The van der Waals surface area contributed by atoms with E-state index in [1.807, 2.05) is 4.90 Å². The van der Waals surface area contributed by atoms with Gasteiger partial charge in [0.25, 0.3) is 0 Å². The SMILES string of the molecule is O=C1N([C@H]2CC[C@H](O)CC2)CC[C@@]12CCCN(c1ncc(C(F)(F)F)c(F)n1)C2. The standard InChI is InChI=1S/C19H24F4N4O2/c20-15-14(19(21,22)23)10-24-17(25-15)26-8-1-6-18(11-26)7-9-27(16(18)29)12-2-4-13(28)5-3-12/h10,12-13,28H,1-9,11H2/t12-,13-,18-/m1/s1. The average molecular weight is 416 g/mol. The molecule has 3 heterocycles. The number of aromatic nitrogens is 2. The first-order valence-corrected chi connectivity index (χ1v) is 10.0. The van der Waals surface area contributed by atoms with E-state index in [1.54, 1.807) is 4.90 Å². The number of likely N-dealkylation sites (tertiary alicyclic amines) is 1. The van der Waals surface area contributed by atoms with Crippen LogP contribution in [0.15, 0.2) is 6.20 Å². The number of carbonyl (C=O) groups excluding carboxylic acids is 1. The summed E-state index contributed by atoms with van der Waals surface area (Å²) in [6.07, 6.45) is 0.264. The van der Waals surface area contributed by atoms with Crippen molar-refractivity contribution in [2.24, 2.45) is 5.41 Å². The van der Waals surface area contributed by atoms with Gasteiger partial charge < -0.3 is 14.9 Å². The molecule has 0 radical (unpaired) electrons. The molecule has 2 aliphatic heterocycles. The van der Waals surface area contributed by atoms with E-state index in [4.69, 9.17) is 0 Å². The van der Waals surface area contributed by atoms with Crippen molar-refractivity contribution in [2.75, 3.05) is 24.5 Å². The molecule has 1 aliphatic carbocycles. The summed E-state index contributed by atoms with van der Waals surface area (Å²) in [6, 6.07) is 0.125. The minimum atomic E-state index is -4.85. The lowest BCUT2D eigenvalue weighted by Crippen LogP contribution is -2.50. The lowest BCUT2D eigenvalue weighted by molar-refractivity contribution is -0.140. The predicted octanol–water partition coefficient (Wildman–Crippen LogP) is 2.76. The topological polar surface area (TPSA) is 69.6 Å². The van der Waals surface area contributed by atoms with Crippen LogP contribution < -0.4 is 4.90 Å². The van der Waals surface area contributed by atoms with Crippen LogP contribution >= 0.6 is 0 Å². The van der Waals surface area contributed by atoms with Gasteiger partial charge >= 0.3 is 6.18 Å². The first-order valence-electron chi connectivity index (χ1n) is 10.0. The van der Waals surface area contributed by atoms with Gasteiger partial charge in [0.05, 0.1) is 11.5 Å². The van der Waals surface area contributed by atoms with E-state index >= 15 is 0 Å². The Morgan fingerprint density at radius 2 is 1.86 bits per heavy atom. The number of anilines is 1. The average Bonchev–Trinajstić information content (AvgIpc) is 2.97. The summed E-state index contributed by atoms with van der Waals surface area (Å²) in [6.45, 7) is 1.38. The van der Waals surface area contributed by atoms with Crippen molar-refractivity contribution in [1.29, 1.82) is 0 Å². The molecule has 1 amide bonds. The summed E-state index contributed by atoms with van der Waals surface area (Å²) in [5.41, 5.74) is -2.12. The van der Waals surface area contributed by atoms with Crippen molar-refractivity contribution in [3.63, 3.8) is 0 Å². The van der Waals surface area contributed by atoms with Crippen LogP contribution in [0.3, 0.4) is 0 Å². The summed E-state index contributed by atoms with van der Waals surface area (Å²) in [5, 5.41) is 9.71. The van der Waals surface area contributed by atoms with E-state index in [0.29, 0.717) is 51.4 Å². The van der Waals surface area contributed by atoms with Crippen LogP contribution in [0, 0.1) is 11.4 Å². The second kappa shape index (κ2) is 7.37. The molecular formula is C19H24F4N4O2. The molecule has 2 saturated heterocycles. The van der Waals surface area contributed by atoms with Crippen molar-refractivity contribution >= 4 is 11.9 Å². The van der Waals surface area contributed by atoms with Gasteiger partial charge in [-0.2, -0.15) is 22.5 Å². The molecule has 1 aromatic rings. The first kappa shape index (κ1) is 20.3. The minimum Gasteiger partial charge on any atom is -0.393 e. The van der Waals surface area contributed by atoms with Crippen molar-refractivity contribution in [1.82, 2.24) is 14.9 Å². The van der Waals surface area contributed by atoms with Gasteiger partial charge in [-0.15, -0.1) is 0 Å². The summed E-state index contributed by atoms with van der Waals surface area (Å²) in [7, 11) is 0. The highest BCUT2D eigenvalue weighted by Gasteiger charge is 2.51. The van der Waals surface area contributed by atoms with Gasteiger partial charge in [-0.25, -0.2) is 4.98 Å². The third-order valence-electron chi connectivity index (χ3n) is 6.55. The highest BCUT2D eigenvalue weighted by atomic mass is 19.4. The zero-order valence-electron chi connectivity index (χ0n) is 16.0. The van der Waals surface area contributed by atoms with E-state index in [9.17, 15) is 27.5 Å². The van der Waals surface area contributed by atoms with Gasteiger partial charge in [0, 0.05) is 31.9 Å². The Morgan fingerprint density at radius 1 is 1.14 bits per heavy atom. The molecule has 4 rings (SSSR count). The van der Waals surface area contributed by atoms with E-state index in [1.165, 1.54) is 0 Å². The van der Waals surface area contributed by atoms with E-state index in [0.717, 1.165) is 12.8 Å². The number of nitrogens with zero attached hydrogens (tertiary/aromatic N) is 4. The normalized spacial score (nSPS) is 31.0. The molecule has 1 atom stereocenters. The van der Waals surface area contributed by atoms with Crippen molar-refractivity contribution < 1.29 is 27.5 Å². The van der Waals surface area contributed by atoms with Crippen LogP contribution in [0.1, 0.15) is 50.5 Å². The highest BCUT2D eigenvalue weighted by Crippen LogP contribution is 2.43. The molecule has 6 nitrogen and oxygen atoms in total. The molecule has 29 heavy (non-hydrogen) atoms. The Hall–Kier alpha value is -1.97. The number of carbonyl (C=O) groups is 1. The lowest BCUT2D eigenvalue weighted by atomic mass is 9.78. The molecule has 1 N–H and O–H groups in total. The Balaban J connectivity index is 1.50. The van der Waals surface area contributed by atoms with Gasteiger partial charge in [-0.05, 0) is 44.9 Å². The number of piperidine rings is 1.